The van der Waals surface area contributed by atoms with Gasteiger partial charge in [0, 0.05) is 10.0 Å². The summed E-state index contributed by atoms with van der Waals surface area (Å²) in [6.45, 7) is 0. The van der Waals surface area contributed by atoms with Gasteiger partial charge >= 0.3 is 0 Å². The number of rotatable bonds is 1. The van der Waals surface area contributed by atoms with Gasteiger partial charge in [0.25, 0.3) is 0 Å². The summed E-state index contributed by atoms with van der Waals surface area (Å²) in [5.74, 6) is 0.523. The van der Waals surface area contributed by atoms with Gasteiger partial charge < -0.3 is 0 Å². The van der Waals surface area contributed by atoms with E-state index in [0.29, 0.717) is 5.82 Å². The first kappa shape index (κ1) is 8.25. The molecule has 0 aliphatic heterocycles. The highest BCUT2D eigenvalue weighted by Crippen LogP contribution is 2.23. The molecule has 0 radical (unpaired) electrons. The van der Waals surface area contributed by atoms with Crippen LogP contribution in [0.15, 0.2) is 35.1 Å². The minimum atomic E-state index is 0.523. The molecule has 0 aliphatic carbocycles. The lowest BCUT2D eigenvalue weighted by atomic mass is 10.2. The Hall–Kier alpha value is -1.36. The molecule has 0 saturated carbocycles. The normalized spacial score (nSPS) is 9.92. The number of benzene rings is 1. The Morgan fingerprint density at radius 2 is 1.69 bits per heavy atom. The van der Waals surface area contributed by atoms with E-state index in [9.17, 15) is 0 Å². The lowest BCUT2D eigenvalue weighted by Gasteiger charge is -1.98. The van der Waals surface area contributed by atoms with E-state index in [4.69, 9.17) is 0 Å². The average Bonchev–Trinajstić information content (AvgIpc) is 2.20. The van der Waals surface area contributed by atoms with Crippen LogP contribution >= 0.6 is 15.9 Å². The first-order chi connectivity index (χ1) is 6.38. The highest BCUT2D eigenvalue weighted by Gasteiger charge is 2.04. The van der Waals surface area contributed by atoms with Crippen LogP contribution in [-0.4, -0.2) is 20.4 Å². The lowest BCUT2D eigenvalue weighted by Crippen LogP contribution is -1.93. The number of nitrogens with zero attached hydrogens (tertiary/aromatic N) is 4. The molecule has 2 rings (SSSR count). The number of halogens is 1. The predicted octanol–water partition coefficient (Wildman–Crippen LogP) is 1.70. The van der Waals surface area contributed by atoms with E-state index < -0.39 is 0 Å². The Labute approximate surface area is 83.2 Å². The van der Waals surface area contributed by atoms with Crippen LogP contribution < -0.4 is 0 Å². The van der Waals surface area contributed by atoms with Crippen molar-refractivity contribution < 1.29 is 0 Å². The largest absolute Gasteiger partial charge is 0.204 e. The molecule has 0 unspecified atom stereocenters. The molecule has 2 aromatic rings. The Kier molecular flexibility index (Phi) is 2.27. The number of hydrogen-bond acceptors (Lipinski definition) is 4. The molecule has 0 amide bonds. The van der Waals surface area contributed by atoms with Gasteiger partial charge in [-0.3, -0.25) is 0 Å². The Morgan fingerprint density at radius 3 is 2.38 bits per heavy atom. The quantitative estimate of drug-likeness (QED) is 0.757. The van der Waals surface area contributed by atoms with E-state index in [1.807, 2.05) is 24.3 Å². The molecule has 0 fully saturated rings. The second-order valence-electron chi connectivity index (χ2n) is 2.35. The maximum Gasteiger partial charge on any atom is 0.204 e. The van der Waals surface area contributed by atoms with Crippen LogP contribution in [0.5, 0.6) is 0 Å². The van der Waals surface area contributed by atoms with Gasteiger partial charge in [0.15, 0.2) is 6.33 Å². The van der Waals surface area contributed by atoms with Gasteiger partial charge in [-0.1, -0.05) is 28.1 Å². The molecule has 1 aromatic carbocycles. The third-order valence-electron chi connectivity index (χ3n) is 1.52. The van der Waals surface area contributed by atoms with Gasteiger partial charge in [0.05, 0.1) is 0 Å². The van der Waals surface area contributed by atoms with E-state index in [1.54, 1.807) is 0 Å². The fourth-order valence-electron chi connectivity index (χ4n) is 0.954. The monoisotopic (exact) mass is 236 g/mol. The second kappa shape index (κ2) is 3.57. The summed E-state index contributed by atoms with van der Waals surface area (Å²) >= 11 is 3.40. The predicted molar refractivity (Wildman–Crippen MR) is 50.8 cm³/mol. The van der Waals surface area contributed by atoms with Gasteiger partial charge in [-0.2, -0.15) is 0 Å². The molecule has 0 bridgehead atoms. The summed E-state index contributed by atoms with van der Waals surface area (Å²) in [6, 6.07) is 7.67. The Balaban J connectivity index is 2.54. The van der Waals surface area contributed by atoms with Crippen molar-refractivity contribution in [2.45, 2.75) is 0 Å². The number of aromatic nitrogens is 4. The van der Waals surface area contributed by atoms with Gasteiger partial charge in [0.2, 0.25) is 5.82 Å². The van der Waals surface area contributed by atoms with Gasteiger partial charge in [-0.05, 0) is 12.1 Å². The molecule has 13 heavy (non-hydrogen) atoms. The van der Waals surface area contributed by atoms with Crippen LogP contribution in [0.25, 0.3) is 11.4 Å². The Morgan fingerprint density at radius 1 is 1.00 bits per heavy atom. The van der Waals surface area contributed by atoms with E-state index >= 15 is 0 Å². The molecular formula is C8H5BrN4. The zero-order valence-corrected chi connectivity index (χ0v) is 8.14. The first-order valence-corrected chi connectivity index (χ1v) is 4.42. The van der Waals surface area contributed by atoms with Crippen molar-refractivity contribution >= 4 is 15.9 Å². The molecule has 5 heteroatoms. The van der Waals surface area contributed by atoms with Crippen LogP contribution in [0.4, 0.5) is 0 Å². The summed E-state index contributed by atoms with van der Waals surface area (Å²) in [6.07, 6.45) is 1.31. The summed E-state index contributed by atoms with van der Waals surface area (Å²) in [5.41, 5.74) is 0.892. The molecule has 0 aliphatic rings. The van der Waals surface area contributed by atoms with E-state index in [2.05, 4.69) is 36.3 Å². The summed E-state index contributed by atoms with van der Waals surface area (Å²) in [4.78, 5) is 0. The van der Waals surface area contributed by atoms with Crippen molar-refractivity contribution in [1.29, 1.82) is 0 Å². The van der Waals surface area contributed by atoms with Crippen molar-refractivity contribution in [3.63, 3.8) is 0 Å². The maximum atomic E-state index is 3.86. The van der Waals surface area contributed by atoms with Crippen LogP contribution in [-0.2, 0) is 0 Å². The van der Waals surface area contributed by atoms with Crippen molar-refractivity contribution in [3.05, 3.63) is 35.1 Å². The molecule has 0 spiro atoms. The van der Waals surface area contributed by atoms with E-state index in [0.717, 1.165) is 10.0 Å². The molecule has 0 N–H and O–H groups in total. The molecule has 0 saturated heterocycles. The topological polar surface area (TPSA) is 51.6 Å². The molecule has 4 nitrogen and oxygen atoms in total. The van der Waals surface area contributed by atoms with Crippen molar-refractivity contribution in [2.24, 2.45) is 0 Å². The SMILES string of the molecule is Brc1ccccc1-c1nncnn1. The summed E-state index contributed by atoms with van der Waals surface area (Å²) in [7, 11) is 0. The molecule has 64 valence electrons. The minimum Gasteiger partial charge on any atom is -0.135 e. The molecule has 1 heterocycles. The fraction of sp³-hybridized carbons (Fsp3) is 0. The third-order valence-corrected chi connectivity index (χ3v) is 2.21. The lowest BCUT2D eigenvalue weighted by molar-refractivity contribution is 0.864. The maximum absolute atomic E-state index is 3.86. The fourth-order valence-corrected chi connectivity index (χ4v) is 1.42. The number of hydrogen-bond donors (Lipinski definition) is 0. The van der Waals surface area contributed by atoms with Crippen LogP contribution in [0, 0.1) is 0 Å². The zero-order valence-electron chi connectivity index (χ0n) is 6.55. The van der Waals surface area contributed by atoms with Crippen molar-refractivity contribution in [2.75, 3.05) is 0 Å². The van der Waals surface area contributed by atoms with Crippen LogP contribution in [0.2, 0.25) is 0 Å². The standard InChI is InChI=1S/C8H5BrN4/c9-7-4-2-1-3-6(7)8-12-10-5-11-13-8/h1-5H. The average molecular weight is 237 g/mol. The highest BCUT2D eigenvalue weighted by atomic mass is 79.9. The van der Waals surface area contributed by atoms with E-state index in [-0.39, 0.29) is 0 Å². The summed E-state index contributed by atoms with van der Waals surface area (Å²) in [5, 5.41) is 15.0. The third kappa shape index (κ3) is 1.70. The van der Waals surface area contributed by atoms with Crippen molar-refractivity contribution in [1.82, 2.24) is 20.4 Å². The van der Waals surface area contributed by atoms with Gasteiger partial charge in [-0.15, -0.1) is 20.4 Å². The zero-order chi connectivity index (χ0) is 9.10. The second-order valence-corrected chi connectivity index (χ2v) is 3.20. The smallest absolute Gasteiger partial charge is 0.135 e. The van der Waals surface area contributed by atoms with Gasteiger partial charge in [-0.25, -0.2) is 0 Å². The molecule has 0 atom stereocenters. The van der Waals surface area contributed by atoms with E-state index in [1.165, 1.54) is 6.33 Å². The Bertz CT molecular complexity index is 404. The van der Waals surface area contributed by atoms with Crippen LogP contribution in [0.3, 0.4) is 0 Å². The first-order valence-electron chi connectivity index (χ1n) is 3.63. The molecular weight excluding hydrogens is 232 g/mol. The van der Waals surface area contributed by atoms with Gasteiger partial charge in [0.1, 0.15) is 0 Å². The minimum absolute atomic E-state index is 0.523. The summed E-state index contributed by atoms with van der Waals surface area (Å²) < 4.78 is 0.935. The molecule has 1 aromatic heterocycles. The highest BCUT2D eigenvalue weighted by molar-refractivity contribution is 9.10. The van der Waals surface area contributed by atoms with Crippen LogP contribution in [0.1, 0.15) is 0 Å². The van der Waals surface area contributed by atoms with Crippen molar-refractivity contribution in [3.8, 4) is 11.4 Å².